The Hall–Kier alpha value is -2.05. The average Bonchev–Trinajstić information content (AvgIpc) is 3.05. The van der Waals surface area contributed by atoms with Gasteiger partial charge in [0.1, 0.15) is 0 Å². The topological polar surface area (TPSA) is 66.4 Å². The first-order valence-corrected chi connectivity index (χ1v) is 5.95. The Morgan fingerprint density at radius 1 is 1.30 bits per heavy atom. The van der Waals surface area contributed by atoms with Gasteiger partial charge in [-0.05, 0) is 30.5 Å². The van der Waals surface area contributed by atoms with E-state index in [2.05, 4.69) is 5.32 Å². The zero-order valence-corrected chi connectivity index (χ0v) is 10.5. The molecule has 20 heavy (non-hydrogen) atoms. The number of alkyl halides is 3. The fourth-order valence-corrected chi connectivity index (χ4v) is 1.91. The van der Waals surface area contributed by atoms with Crippen molar-refractivity contribution in [2.75, 3.05) is 5.32 Å². The van der Waals surface area contributed by atoms with Crippen LogP contribution in [0.4, 0.5) is 18.9 Å². The van der Waals surface area contributed by atoms with Gasteiger partial charge in [-0.3, -0.25) is 4.79 Å². The Kier molecular flexibility index (Phi) is 3.45. The van der Waals surface area contributed by atoms with Gasteiger partial charge in [0, 0.05) is 11.6 Å². The van der Waals surface area contributed by atoms with Crippen molar-refractivity contribution in [1.82, 2.24) is 0 Å². The minimum atomic E-state index is -4.67. The number of halogens is 3. The van der Waals surface area contributed by atoms with Crippen molar-refractivity contribution in [3.8, 4) is 0 Å². The molecular weight excluding hydrogens is 275 g/mol. The number of hydrogen-bond acceptors (Lipinski definition) is 2. The lowest BCUT2D eigenvalue weighted by molar-refractivity contribution is -0.137. The number of anilines is 1. The molecule has 1 fully saturated rings. The molecule has 1 aliphatic carbocycles. The summed E-state index contributed by atoms with van der Waals surface area (Å²) in [6.07, 6.45) is -3.98. The first-order valence-electron chi connectivity index (χ1n) is 5.95. The number of carboxylic acids is 1. The molecule has 2 unspecified atom stereocenters. The number of nitrogens with one attached hydrogen (secondary N) is 1. The molecule has 0 aromatic heterocycles. The lowest BCUT2D eigenvalue weighted by Gasteiger charge is -2.11. The van der Waals surface area contributed by atoms with Crippen LogP contribution < -0.4 is 5.32 Å². The van der Waals surface area contributed by atoms with Crippen molar-refractivity contribution in [3.05, 3.63) is 29.3 Å². The summed E-state index contributed by atoms with van der Waals surface area (Å²) in [4.78, 5) is 22.5. The van der Waals surface area contributed by atoms with Gasteiger partial charge in [-0.25, -0.2) is 4.79 Å². The summed E-state index contributed by atoms with van der Waals surface area (Å²) >= 11 is 0. The van der Waals surface area contributed by atoms with Crippen LogP contribution in [-0.2, 0) is 11.0 Å². The highest BCUT2D eigenvalue weighted by Crippen LogP contribution is 2.39. The first kappa shape index (κ1) is 14.4. The summed E-state index contributed by atoms with van der Waals surface area (Å²) in [5.74, 6) is -1.86. The van der Waals surface area contributed by atoms with Crippen LogP contribution in [0.1, 0.15) is 29.3 Å². The van der Waals surface area contributed by atoms with E-state index >= 15 is 0 Å². The maximum atomic E-state index is 12.7. The maximum Gasteiger partial charge on any atom is 0.416 e. The molecule has 0 bridgehead atoms. The number of amides is 1. The average molecular weight is 287 g/mol. The standard InChI is InChI=1S/C13H12F3NO3/c1-6-2-10(6)11(18)17-9-4-7(12(19)20)3-8(5-9)13(14,15)16/h3-6,10H,2H2,1H3,(H,17,18)(H,19,20). The van der Waals surface area contributed by atoms with Crippen molar-refractivity contribution in [3.63, 3.8) is 0 Å². The zero-order chi connectivity index (χ0) is 15.1. The highest BCUT2D eigenvalue weighted by molar-refractivity contribution is 5.96. The van der Waals surface area contributed by atoms with Gasteiger partial charge in [-0.15, -0.1) is 0 Å². The molecule has 0 aliphatic heterocycles. The fourth-order valence-electron chi connectivity index (χ4n) is 1.91. The van der Waals surface area contributed by atoms with E-state index in [9.17, 15) is 22.8 Å². The predicted molar refractivity (Wildman–Crippen MR) is 64.3 cm³/mol. The van der Waals surface area contributed by atoms with E-state index in [1.165, 1.54) is 0 Å². The van der Waals surface area contributed by atoms with Gasteiger partial charge in [0.05, 0.1) is 11.1 Å². The van der Waals surface area contributed by atoms with Gasteiger partial charge >= 0.3 is 12.1 Å². The van der Waals surface area contributed by atoms with Gasteiger partial charge < -0.3 is 10.4 Å². The molecule has 108 valence electrons. The second-order valence-corrected chi connectivity index (χ2v) is 4.91. The van der Waals surface area contributed by atoms with Gasteiger partial charge in [0.15, 0.2) is 0 Å². The Bertz CT molecular complexity index is 568. The van der Waals surface area contributed by atoms with Gasteiger partial charge in [0.2, 0.25) is 5.91 Å². The second kappa shape index (κ2) is 4.81. The molecule has 1 aromatic rings. The van der Waals surface area contributed by atoms with Crippen LogP contribution in [0.25, 0.3) is 0 Å². The molecule has 1 aromatic carbocycles. The van der Waals surface area contributed by atoms with Gasteiger partial charge in [0.25, 0.3) is 0 Å². The number of carbonyl (C=O) groups is 2. The van der Waals surface area contributed by atoms with Crippen LogP contribution in [0.3, 0.4) is 0 Å². The van der Waals surface area contributed by atoms with Crippen LogP contribution in [0.5, 0.6) is 0 Å². The number of rotatable bonds is 3. The minimum Gasteiger partial charge on any atom is -0.478 e. The summed E-state index contributed by atoms with van der Waals surface area (Å²) in [5.41, 5.74) is -1.77. The van der Waals surface area contributed by atoms with Crippen molar-refractivity contribution in [1.29, 1.82) is 0 Å². The van der Waals surface area contributed by atoms with Gasteiger partial charge in [-0.1, -0.05) is 6.92 Å². The molecule has 2 N–H and O–H groups in total. The summed E-state index contributed by atoms with van der Waals surface area (Å²) in [6, 6.07) is 2.29. The Morgan fingerprint density at radius 2 is 1.90 bits per heavy atom. The molecule has 0 radical (unpaired) electrons. The van der Waals surface area contributed by atoms with E-state index in [1.807, 2.05) is 6.92 Å². The second-order valence-electron chi connectivity index (χ2n) is 4.91. The zero-order valence-electron chi connectivity index (χ0n) is 10.5. The SMILES string of the molecule is CC1CC1C(=O)Nc1cc(C(=O)O)cc(C(F)(F)F)c1. The normalized spacial score (nSPS) is 21.4. The van der Waals surface area contributed by atoms with Crippen molar-refractivity contribution < 1.29 is 27.9 Å². The van der Waals surface area contributed by atoms with E-state index in [4.69, 9.17) is 5.11 Å². The van der Waals surface area contributed by atoms with E-state index < -0.39 is 23.3 Å². The highest BCUT2D eigenvalue weighted by atomic mass is 19.4. The molecule has 7 heteroatoms. The third kappa shape index (κ3) is 3.09. The summed E-state index contributed by atoms with van der Waals surface area (Å²) in [7, 11) is 0. The van der Waals surface area contributed by atoms with Crippen molar-refractivity contribution in [2.45, 2.75) is 19.5 Å². The smallest absolute Gasteiger partial charge is 0.416 e. The van der Waals surface area contributed by atoms with E-state index in [-0.39, 0.29) is 23.4 Å². The number of benzene rings is 1. The predicted octanol–water partition coefficient (Wildman–Crippen LogP) is 3.00. The lowest BCUT2D eigenvalue weighted by Crippen LogP contribution is -2.16. The Morgan fingerprint density at radius 3 is 2.35 bits per heavy atom. The lowest BCUT2D eigenvalue weighted by atomic mass is 10.1. The molecule has 1 amide bonds. The van der Waals surface area contributed by atoms with Crippen molar-refractivity contribution in [2.24, 2.45) is 11.8 Å². The number of hydrogen-bond donors (Lipinski definition) is 2. The Labute approximate surface area is 112 Å². The van der Waals surface area contributed by atoms with Crippen LogP contribution in [0, 0.1) is 11.8 Å². The quantitative estimate of drug-likeness (QED) is 0.898. The van der Waals surface area contributed by atoms with Crippen LogP contribution in [0.15, 0.2) is 18.2 Å². The van der Waals surface area contributed by atoms with Crippen LogP contribution >= 0.6 is 0 Å². The van der Waals surface area contributed by atoms with Crippen LogP contribution in [0.2, 0.25) is 0 Å². The molecule has 1 saturated carbocycles. The number of carbonyl (C=O) groups excluding carboxylic acids is 1. The summed E-state index contributed by atoms with van der Waals surface area (Å²) in [5, 5.41) is 11.2. The Balaban J connectivity index is 2.29. The number of carboxylic acid groups (broad SMARTS) is 1. The van der Waals surface area contributed by atoms with E-state index in [1.54, 1.807) is 0 Å². The molecule has 2 atom stereocenters. The molecule has 4 nitrogen and oxygen atoms in total. The highest BCUT2D eigenvalue weighted by Gasteiger charge is 2.39. The molecule has 2 rings (SSSR count). The molecule has 1 aliphatic rings. The molecule has 0 spiro atoms. The third-order valence-corrected chi connectivity index (χ3v) is 3.22. The summed E-state index contributed by atoms with van der Waals surface area (Å²) < 4.78 is 38.0. The largest absolute Gasteiger partial charge is 0.478 e. The van der Waals surface area contributed by atoms with Gasteiger partial charge in [-0.2, -0.15) is 13.2 Å². The fraction of sp³-hybridized carbons (Fsp3) is 0.385. The first-order chi connectivity index (χ1) is 9.18. The molecule has 0 saturated heterocycles. The molecular formula is C13H12F3NO3. The number of aromatic carboxylic acids is 1. The van der Waals surface area contributed by atoms with Crippen LogP contribution in [-0.4, -0.2) is 17.0 Å². The van der Waals surface area contributed by atoms with Crippen molar-refractivity contribution >= 4 is 17.6 Å². The summed E-state index contributed by atoms with van der Waals surface area (Å²) in [6.45, 7) is 1.86. The molecule has 0 heterocycles. The maximum absolute atomic E-state index is 12.7. The monoisotopic (exact) mass is 287 g/mol. The van der Waals surface area contributed by atoms with E-state index in [0.29, 0.717) is 12.5 Å². The van der Waals surface area contributed by atoms with E-state index in [0.717, 1.165) is 12.1 Å². The minimum absolute atomic E-state index is 0.152. The third-order valence-electron chi connectivity index (χ3n) is 3.22.